The van der Waals surface area contributed by atoms with E-state index in [1.807, 2.05) is 6.07 Å². The second-order valence-corrected chi connectivity index (χ2v) is 3.73. The second kappa shape index (κ2) is 6.06. The fourth-order valence-electron chi connectivity index (χ4n) is 1.57. The highest BCUT2D eigenvalue weighted by atomic mass is 16.5. The number of rotatable bonds is 3. The molecule has 0 saturated carbocycles. The van der Waals surface area contributed by atoms with Gasteiger partial charge in [0.15, 0.2) is 6.04 Å². The van der Waals surface area contributed by atoms with E-state index in [0.29, 0.717) is 13.2 Å². The first-order valence-electron chi connectivity index (χ1n) is 5.27. The Bertz CT molecular complexity index is 339. The zero-order chi connectivity index (χ0) is 12.8. The first-order valence-corrected chi connectivity index (χ1v) is 5.27. The minimum Gasteiger partial charge on any atom is -0.480 e. The van der Waals surface area contributed by atoms with Crippen LogP contribution in [-0.4, -0.2) is 66.3 Å². The van der Waals surface area contributed by atoms with E-state index in [1.54, 1.807) is 7.05 Å². The van der Waals surface area contributed by atoms with Crippen LogP contribution in [0.3, 0.4) is 0 Å². The topological polar surface area (TPSA) is 93.9 Å². The number of ether oxygens (including phenoxy) is 1. The first-order chi connectivity index (χ1) is 8.07. The summed E-state index contributed by atoms with van der Waals surface area (Å²) in [5.41, 5.74) is 0. The van der Waals surface area contributed by atoms with Gasteiger partial charge in [-0.1, -0.05) is 0 Å². The number of hydrogen-bond acceptors (Lipinski definition) is 4. The van der Waals surface area contributed by atoms with Gasteiger partial charge in [0, 0.05) is 20.1 Å². The molecule has 0 aromatic rings. The second-order valence-electron chi connectivity index (χ2n) is 3.73. The molecule has 0 radical (unpaired) electrons. The SMILES string of the molecule is CN(CCC#N)C(=O)N1CCOCC1C(=O)O. The van der Waals surface area contributed by atoms with Crippen molar-refractivity contribution in [3.05, 3.63) is 0 Å². The summed E-state index contributed by atoms with van der Waals surface area (Å²) in [7, 11) is 1.55. The lowest BCUT2D eigenvalue weighted by Gasteiger charge is -2.35. The van der Waals surface area contributed by atoms with Crippen molar-refractivity contribution in [1.29, 1.82) is 5.26 Å². The van der Waals surface area contributed by atoms with Gasteiger partial charge >= 0.3 is 12.0 Å². The maximum Gasteiger partial charge on any atom is 0.328 e. The molecule has 1 saturated heterocycles. The molecule has 1 atom stereocenters. The molecule has 7 nitrogen and oxygen atoms in total. The summed E-state index contributed by atoms with van der Waals surface area (Å²) in [4.78, 5) is 25.5. The highest BCUT2D eigenvalue weighted by Gasteiger charge is 2.34. The fourth-order valence-corrected chi connectivity index (χ4v) is 1.57. The number of carbonyl (C=O) groups is 2. The Kier molecular flexibility index (Phi) is 4.72. The van der Waals surface area contributed by atoms with Crippen LogP contribution in [0.1, 0.15) is 6.42 Å². The Morgan fingerprint density at radius 1 is 1.65 bits per heavy atom. The Hall–Kier alpha value is -1.81. The minimum absolute atomic E-state index is 0.00711. The predicted molar refractivity (Wildman–Crippen MR) is 57.2 cm³/mol. The fraction of sp³-hybridized carbons (Fsp3) is 0.700. The van der Waals surface area contributed by atoms with Gasteiger partial charge in [-0.25, -0.2) is 9.59 Å². The lowest BCUT2D eigenvalue weighted by molar-refractivity contribution is -0.147. The largest absolute Gasteiger partial charge is 0.480 e. The van der Waals surface area contributed by atoms with Crippen LogP contribution in [0.4, 0.5) is 4.79 Å². The van der Waals surface area contributed by atoms with Crippen LogP contribution in [0.2, 0.25) is 0 Å². The summed E-state index contributed by atoms with van der Waals surface area (Å²) in [6.07, 6.45) is 0.227. The van der Waals surface area contributed by atoms with E-state index >= 15 is 0 Å². The number of aliphatic carboxylic acids is 1. The van der Waals surface area contributed by atoms with Crippen molar-refractivity contribution in [1.82, 2.24) is 9.80 Å². The molecule has 0 aromatic heterocycles. The van der Waals surface area contributed by atoms with Gasteiger partial charge in [-0.2, -0.15) is 5.26 Å². The maximum atomic E-state index is 11.9. The minimum atomic E-state index is -1.08. The van der Waals surface area contributed by atoms with Crippen LogP contribution in [0.5, 0.6) is 0 Å². The normalized spacial score (nSPS) is 19.5. The summed E-state index contributed by atoms with van der Waals surface area (Å²) in [5.74, 6) is -1.08. The molecule has 2 amide bonds. The first kappa shape index (κ1) is 13.3. The number of amides is 2. The number of carboxylic acid groups (broad SMARTS) is 1. The quantitative estimate of drug-likeness (QED) is 0.734. The molecule has 1 N–H and O–H groups in total. The van der Waals surface area contributed by atoms with E-state index in [4.69, 9.17) is 15.1 Å². The zero-order valence-electron chi connectivity index (χ0n) is 9.63. The molecule has 1 rings (SSSR count). The third-order valence-electron chi connectivity index (χ3n) is 2.54. The van der Waals surface area contributed by atoms with Crippen LogP contribution >= 0.6 is 0 Å². The molecule has 1 heterocycles. The molecule has 1 unspecified atom stereocenters. The van der Waals surface area contributed by atoms with Gasteiger partial charge in [0.25, 0.3) is 0 Å². The van der Waals surface area contributed by atoms with Crippen LogP contribution in [-0.2, 0) is 9.53 Å². The van der Waals surface area contributed by atoms with Gasteiger partial charge in [-0.15, -0.1) is 0 Å². The molecule has 7 heteroatoms. The van der Waals surface area contributed by atoms with Crippen LogP contribution in [0, 0.1) is 11.3 Å². The van der Waals surface area contributed by atoms with Crippen molar-refractivity contribution in [2.45, 2.75) is 12.5 Å². The lowest BCUT2D eigenvalue weighted by Crippen LogP contribution is -2.56. The Labute approximate surface area is 99.2 Å². The number of nitriles is 1. The van der Waals surface area contributed by atoms with Gasteiger partial charge in [0.05, 0.1) is 25.7 Å². The molecule has 17 heavy (non-hydrogen) atoms. The van der Waals surface area contributed by atoms with Gasteiger partial charge in [-0.3, -0.25) is 0 Å². The average molecular weight is 241 g/mol. The Morgan fingerprint density at radius 2 is 2.35 bits per heavy atom. The Balaban J connectivity index is 2.65. The number of carbonyl (C=O) groups excluding carboxylic acids is 1. The van der Waals surface area contributed by atoms with E-state index in [9.17, 15) is 9.59 Å². The van der Waals surface area contributed by atoms with E-state index in [1.165, 1.54) is 9.80 Å². The number of nitrogens with zero attached hydrogens (tertiary/aromatic N) is 3. The molecular weight excluding hydrogens is 226 g/mol. The van der Waals surface area contributed by atoms with Gasteiger partial charge in [0.1, 0.15) is 0 Å². The molecule has 1 aliphatic heterocycles. The molecule has 0 aliphatic carbocycles. The van der Waals surface area contributed by atoms with Gasteiger partial charge < -0.3 is 19.6 Å². The molecular formula is C10H15N3O4. The predicted octanol–water partition coefficient (Wildman–Crippen LogP) is -0.263. The van der Waals surface area contributed by atoms with Crippen molar-refractivity contribution in [2.75, 3.05) is 33.4 Å². The molecule has 0 spiro atoms. The summed E-state index contributed by atoms with van der Waals surface area (Å²) < 4.78 is 5.04. The average Bonchev–Trinajstić information content (AvgIpc) is 2.34. The van der Waals surface area contributed by atoms with Crippen LogP contribution in [0.25, 0.3) is 0 Å². The van der Waals surface area contributed by atoms with Crippen LogP contribution < -0.4 is 0 Å². The van der Waals surface area contributed by atoms with E-state index in [0.717, 1.165) is 0 Å². The van der Waals surface area contributed by atoms with Gasteiger partial charge in [-0.05, 0) is 0 Å². The number of morpholine rings is 1. The maximum absolute atomic E-state index is 11.9. The number of carboxylic acids is 1. The van der Waals surface area contributed by atoms with Crippen molar-refractivity contribution < 1.29 is 19.4 Å². The molecule has 0 bridgehead atoms. The summed E-state index contributed by atoms with van der Waals surface area (Å²) >= 11 is 0. The molecule has 0 aromatic carbocycles. The van der Waals surface area contributed by atoms with Gasteiger partial charge in [0.2, 0.25) is 0 Å². The zero-order valence-corrected chi connectivity index (χ0v) is 9.63. The molecule has 1 aliphatic rings. The highest BCUT2D eigenvalue weighted by Crippen LogP contribution is 2.10. The summed E-state index contributed by atoms with van der Waals surface area (Å²) in [6, 6.07) is 0.614. The van der Waals surface area contributed by atoms with Crippen molar-refractivity contribution in [3.63, 3.8) is 0 Å². The highest BCUT2D eigenvalue weighted by molar-refractivity contribution is 5.82. The number of urea groups is 1. The molecule has 1 fully saturated rings. The van der Waals surface area contributed by atoms with E-state index < -0.39 is 12.0 Å². The summed E-state index contributed by atoms with van der Waals surface area (Å²) in [5, 5.41) is 17.4. The monoisotopic (exact) mass is 241 g/mol. The van der Waals surface area contributed by atoms with Crippen LogP contribution in [0.15, 0.2) is 0 Å². The van der Waals surface area contributed by atoms with Crippen molar-refractivity contribution in [3.8, 4) is 6.07 Å². The summed E-state index contributed by atoms with van der Waals surface area (Å²) in [6.45, 7) is 0.889. The van der Waals surface area contributed by atoms with E-state index in [2.05, 4.69) is 0 Å². The molecule has 94 valence electrons. The standard InChI is InChI=1S/C10H15N3O4/c1-12(4-2-3-11)10(16)13-5-6-17-7-8(13)9(14)15/h8H,2,4-7H2,1H3,(H,14,15). The smallest absolute Gasteiger partial charge is 0.328 e. The lowest BCUT2D eigenvalue weighted by atomic mass is 10.2. The van der Waals surface area contributed by atoms with Crippen molar-refractivity contribution >= 4 is 12.0 Å². The third-order valence-corrected chi connectivity index (χ3v) is 2.54. The van der Waals surface area contributed by atoms with E-state index in [-0.39, 0.29) is 25.6 Å². The Morgan fingerprint density at radius 3 is 2.94 bits per heavy atom. The third kappa shape index (κ3) is 3.32. The number of hydrogen-bond donors (Lipinski definition) is 1. The van der Waals surface area contributed by atoms with Crippen molar-refractivity contribution in [2.24, 2.45) is 0 Å².